The zero-order valence-corrected chi connectivity index (χ0v) is 12.2. The first-order chi connectivity index (χ1) is 10.1. The third-order valence-electron chi connectivity index (χ3n) is 3.75. The first-order valence-corrected chi connectivity index (χ1v) is 7.40. The largest absolute Gasteiger partial charge is 0.322 e. The van der Waals surface area contributed by atoms with Crippen LogP contribution in [0, 0.1) is 10.1 Å². The Hall–Kier alpha value is -1.95. The van der Waals surface area contributed by atoms with Crippen LogP contribution in [-0.2, 0) is 4.79 Å². The lowest BCUT2D eigenvalue weighted by atomic mass is 10.1. The van der Waals surface area contributed by atoms with Crippen molar-refractivity contribution < 1.29 is 9.72 Å². The molecule has 6 heteroatoms. The molecule has 1 aromatic rings. The van der Waals surface area contributed by atoms with Crippen molar-refractivity contribution in [2.75, 3.05) is 13.1 Å². The molecule has 1 unspecified atom stereocenters. The second-order valence-corrected chi connectivity index (χ2v) is 5.28. The summed E-state index contributed by atoms with van der Waals surface area (Å²) in [6.45, 7) is 3.21. The van der Waals surface area contributed by atoms with Crippen molar-refractivity contribution in [3.63, 3.8) is 0 Å². The van der Waals surface area contributed by atoms with E-state index < -0.39 is 4.92 Å². The molecular weight excluding hydrogens is 270 g/mol. The van der Waals surface area contributed by atoms with Crippen molar-refractivity contribution in [1.82, 2.24) is 10.2 Å². The van der Waals surface area contributed by atoms with Gasteiger partial charge in [0.2, 0.25) is 5.91 Å². The minimum absolute atomic E-state index is 0.0672. The molecule has 0 aliphatic carbocycles. The fourth-order valence-electron chi connectivity index (χ4n) is 2.58. The van der Waals surface area contributed by atoms with E-state index in [1.165, 1.54) is 18.6 Å². The molecule has 6 nitrogen and oxygen atoms in total. The summed E-state index contributed by atoms with van der Waals surface area (Å²) >= 11 is 0. The number of nitro groups is 1. The predicted molar refractivity (Wildman–Crippen MR) is 79.7 cm³/mol. The maximum atomic E-state index is 12.0. The number of nitrogens with zero attached hydrogens (tertiary/aromatic N) is 2. The Kier molecular flexibility index (Phi) is 5.27. The highest BCUT2D eigenvalue weighted by atomic mass is 16.6. The van der Waals surface area contributed by atoms with Crippen molar-refractivity contribution in [2.45, 2.75) is 38.8 Å². The van der Waals surface area contributed by atoms with Crippen molar-refractivity contribution >= 4 is 11.6 Å². The third kappa shape index (κ3) is 3.78. The zero-order valence-electron chi connectivity index (χ0n) is 12.2. The first-order valence-electron chi connectivity index (χ1n) is 7.40. The monoisotopic (exact) mass is 291 g/mol. The summed E-state index contributed by atoms with van der Waals surface area (Å²) in [5.41, 5.74) is 0.958. The van der Waals surface area contributed by atoms with Crippen LogP contribution in [0.15, 0.2) is 24.3 Å². The molecule has 1 saturated heterocycles. The SMILES string of the molecule is CCCCCCN1C(=O)CNC1c1ccc([N+](=O)[O-])cc1. The van der Waals surface area contributed by atoms with Crippen LogP contribution < -0.4 is 5.32 Å². The number of rotatable bonds is 7. The Bertz CT molecular complexity index is 501. The van der Waals surface area contributed by atoms with Gasteiger partial charge in [-0.2, -0.15) is 0 Å². The summed E-state index contributed by atoms with van der Waals surface area (Å²) in [7, 11) is 0. The van der Waals surface area contributed by atoms with Gasteiger partial charge in [-0.1, -0.05) is 26.2 Å². The Labute approximate surface area is 124 Å². The second-order valence-electron chi connectivity index (χ2n) is 5.28. The minimum atomic E-state index is -0.417. The summed E-state index contributed by atoms with van der Waals surface area (Å²) in [5.74, 6) is 0.0925. The predicted octanol–water partition coefficient (Wildman–Crippen LogP) is 2.61. The molecular formula is C15H21N3O3. The van der Waals surface area contributed by atoms with Crippen LogP contribution in [0.25, 0.3) is 0 Å². The van der Waals surface area contributed by atoms with Crippen LogP contribution in [0.3, 0.4) is 0 Å². The third-order valence-corrected chi connectivity index (χ3v) is 3.75. The Morgan fingerprint density at radius 1 is 1.29 bits per heavy atom. The molecule has 0 bridgehead atoms. The van der Waals surface area contributed by atoms with Gasteiger partial charge >= 0.3 is 0 Å². The lowest BCUT2D eigenvalue weighted by molar-refractivity contribution is -0.384. The van der Waals surface area contributed by atoms with Gasteiger partial charge in [-0.25, -0.2) is 0 Å². The molecule has 1 amide bonds. The smallest absolute Gasteiger partial charge is 0.269 e. The molecule has 1 aromatic carbocycles. The molecule has 0 spiro atoms. The fraction of sp³-hybridized carbons (Fsp3) is 0.533. The summed E-state index contributed by atoms with van der Waals surface area (Å²) in [5, 5.41) is 13.8. The normalized spacial score (nSPS) is 18.2. The van der Waals surface area contributed by atoms with Crippen molar-refractivity contribution in [1.29, 1.82) is 0 Å². The standard InChI is InChI=1S/C15H21N3O3/c1-2-3-4-5-10-17-14(19)11-16-15(17)12-6-8-13(9-7-12)18(20)21/h6-9,15-16H,2-5,10-11H2,1H3. The van der Waals surface area contributed by atoms with Crippen molar-refractivity contribution in [2.24, 2.45) is 0 Å². The number of amides is 1. The average Bonchev–Trinajstić information content (AvgIpc) is 2.85. The molecule has 1 N–H and O–H groups in total. The lowest BCUT2D eigenvalue weighted by Crippen LogP contribution is -2.31. The number of carbonyl (C=O) groups excluding carboxylic acids is 1. The molecule has 2 rings (SSSR count). The number of non-ortho nitro benzene ring substituents is 1. The van der Waals surface area contributed by atoms with E-state index in [4.69, 9.17) is 0 Å². The van der Waals surface area contributed by atoms with E-state index in [-0.39, 0.29) is 17.8 Å². The molecule has 1 fully saturated rings. The van der Waals surface area contributed by atoms with E-state index in [2.05, 4.69) is 12.2 Å². The highest BCUT2D eigenvalue weighted by molar-refractivity contribution is 5.80. The average molecular weight is 291 g/mol. The topological polar surface area (TPSA) is 75.5 Å². The van der Waals surface area contributed by atoms with E-state index in [0.717, 1.165) is 31.4 Å². The van der Waals surface area contributed by atoms with Gasteiger partial charge in [0.1, 0.15) is 6.17 Å². The van der Waals surface area contributed by atoms with Gasteiger partial charge in [-0.15, -0.1) is 0 Å². The van der Waals surface area contributed by atoms with Gasteiger partial charge in [0.05, 0.1) is 11.5 Å². The number of hydrogen-bond acceptors (Lipinski definition) is 4. The summed E-state index contributed by atoms with van der Waals surface area (Å²) in [6.07, 6.45) is 4.29. The molecule has 1 atom stereocenters. The van der Waals surface area contributed by atoms with Gasteiger partial charge in [0, 0.05) is 18.7 Å². The number of nitro benzene ring substituents is 1. The van der Waals surface area contributed by atoms with Crippen LogP contribution in [0.4, 0.5) is 5.69 Å². The van der Waals surface area contributed by atoms with Crippen LogP contribution in [0.1, 0.15) is 44.3 Å². The summed E-state index contributed by atoms with van der Waals surface area (Å²) in [6, 6.07) is 6.39. The van der Waals surface area contributed by atoms with Crippen LogP contribution >= 0.6 is 0 Å². The number of benzene rings is 1. The quantitative estimate of drug-likeness (QED) is 0.476. The molecule has 114 valence electrons. The zero-order chi connectivity index (χ0) is 15.2. The minimum Gasteiger partial charge on any atom is -0.322 e. The van der Waals surface area contributed by atoms with Crippen molar-refractivity contribution in [3.05, 3.63) is 39.9 Å². The molecule has 1 aliphatic rings. The second kappa shape index (κ2) is 7.17. The molecule has 0 radical (unpaired) electrons. The van der Waals surface area contributed by atoms with Crippen LogP contribution in [0.2, 0.25) is 0 Å². The molecule has 0 saturated carbocycles. The molecule has 0 aromatic heterocycles. The lowest BCUT2D eigenvalue weighted by Gasteiger charge is -2.24. The van der Waals surface area contributed by atoms with Gasteiger partial charge in [0.25, 0.3) is 5.69 Å². The van der Waals surface area contributed by atoms with E-state index in [1.807, 2.05) is 4.90 Å². The first kappa shape index (κ1) is 15.4. The summed E-state index contributed by atoms with van der Waals surface area (Å²) < 4.78 is 0. The van der Waals surface area contributed by atoms with E-state index in [9.17, 15) is 14.9 Å². The maximum absolute atomic E-state index is 12.0. The van der Waals surface area contributed by atoms with Crippen LogP contribution in [-0.4, -0.2) is 28.8 Å². The van der Waals surface area contributed by atoms with E-state index in [0.29, 0.717) is 6.54 Å². The fourth-order valence-corrected chi connectivity index (χ4v) is 2.58. The maximum Gasteiger partial charge on any atom is 0.269 e. The van der Waals surface area contributed by atoms with Crippen LogP contribution in [0.5, 0.6) is 0 Å². The highest BCUT2D eigenvalue weighted by Crippen LogP contribution is 2.24. The number of unbranched alkanes of at least 4 members (excludes halogenated alkanes) is 3. The Morgan fingerprint density at radius 3 is 2.62 bits per heavy atom. The molecule has 1 heterocycles. The van der Waals surface area contributed by atoms with E-state index >= 15 is 0 Å². The highest BCUT2D eigenvalue weighted by Gasteiger charge is 2.31. The number of carbonyl (C=O) groups is 1. The summed E-state index contributed by atoms with van der Waals surface area (Å²) in [4.78, 5) is 24.0. The van der Waals surface area contributed by atoms with Gasteiger partial charge in [-0.05, 0) is 24.1 Å². The number of hydrogen-bond donors (Lipinski definition) is 1. The Balaban J connectivity index is 2.02. The van der Waals surface area contributed by atoms with Gasteiger partial charge in [-0.3, -0.25) is 20.2 Å². The van der Waals surface area contributed by atoms with Gasteiger partial charge < -0.3 is 4.90 Å². The molecule has 21 heavy (non-hydrogen) atoms. The Morgan fingerprint density at radius 2 is 2.00 bits per heavy atom. The molecule has 1 aliphatic heterocycles. The van der Waals surface area contributed by atoms with Gasteiger partial charge in [0.15, 0.2) is 0 Å². The number of nitrogens with one attached hydrogen (secondary N) is 1. The van der Waals surface area contributed by atoms with Crippen molar-refractivity contribution in [3.8, 4) is 0 Å². The van der Waals surface area contributed by atoms with E-state index in [1.54, 1.807) is 12.1 Å².